The number of fused-ring (bicyclic) bond motifs is 1. The molecule has 6 nitrogen and oxygen atoms in total. The van der Waals surface area contributed by atoms with Gasteiger partial charge in [0.25, 0.3) is 0 Å². The van der Waals surface area contributed by atoms with Crippen LogP contribution in [0.15, 0.2) is 65.8 Å². The van der Waals surface area contributed by atoms with Crippen molar-refractivity contribution in [3.05, 3.63) is 66.5 Å². The van der Waals surface area contributed by atoms with E-state index in [2.05, 4.69) is 9.71 Å². The molecule has 0 saturated carbocycles. The van der Waals surface area contributed by atoms with Gasteiger partial charge < -0.3 is 9.84 Å². The molecule has 3 aromatic rings. The van der Waals surface area contributed by atoms with Crippen molar-refractivity contribution in [3.63, 3.8) is 0 Å². The Kier molecular flexibility index (Phi) is 6.75. The fourth-order valence-corrected chi connectivity index (χ4v) is 4.53. The third-order valence-corrected chi connectivity index (χ3v) is 6.22. The summed E-state index contributed by atoms with van der Waals surface area (Å²) in [6.45, 7) is 5.61. The second-order valence-electron chi connectivity index (χ2n) is 8.39. The molecule has 30 heavy (non-hydrogen) atoms. The van der Waals surface area contributed by atoms with Crippen LogP contribution in [-0.2, 0) is 16.4 Å². The van der Waals surface area contributed by atoms with E-state index in [1.165, 1.54) is 0 Å². The Morgan fingerprint density at radius 3 is 2.53 bits per heavy atom. The maximum Gasteiger partial charge on any atom is 0.241 e. The summed E-state index contributed by atoms with van der Waals surface area (Å²) in [5.41, 5.74) is 0.526. The zero-order valence-corrected chi connectivity index (χ0v) is 18.3. The lowest BCUT2D eigenvalue weighted by molar-refractivity contribution is 0.100. The minimum Gasteiger partial charge on any atom is -0.491 e. The van der Waals surface area contributed by atoms with Crippen LogP contribution in [-0.4, -0.2) is 36.8 Å². The summed E-state index contributed by atoms with van der Waals surface area (Å²) in [5.74, 6) is 0.631. The molecule has 2 aromatic carbocycles. The highest BCUT2D eigenvalue weighted by molar-refractivity contribution is 7.89. The molecule has 0 unspecified atom stereocenters. The summed E-state index contributed by atoms with van der Waals surface area (Å²) in [6.07, 6.45) is 4.25. The molecule has 1 heterocycles. The first-order valence-corrected chi connectivity index (χ1v) is 11.4. The van der Waals surface area contributed by atoms with Crippen LogP contribution in [0.4, 0.5) is 0 Å². The second kappa shape index (κ2) is 9.12. The molecule has 0 fully saturated rings. The molecule has 160 valence electrons. The zero-order valence-electron chi connectivity index (χ0n) is 17.5. The fraction of sp³-hybridized carbons (Fsp3) is 0.348. The molecular weight excluding hydrogens is 400 g/mol. The summed E-state index contributed by atoms with van der Waals surface area (Å²) in [7, 11) is -3.59. The number of benzene rings is 2. The summed E-state index contributed by atoms with van der Waals surface area (Å²) in [5, 5.41) is 11.9. The van der Waals surface area contributed by atoms with Crippen LogP contribution < -0.4 is 9.46 Å². The van der Waals surface area contributed by atoms with Gasteiger partial charge >= 0.3 is 0 Å². The molecule has 7 heteroatoms. The van der Waals surface area contributed by atoms with E-state index in [1.807, 2.05) is 24.3 Å². The minimum atomic E-state index is -3.59. The van der Waals surface area contributed by atoms with E-state index in [0.717, 1.165) is 22.8 Å². The molecule has 0 radical (unpaired) electrons. The maximum atomic E-state index is 12.5. The Morgan fingerprint density at radius 2 is 1.83 bits per heavy atom. The van der Waals surface area contributed by atoms with Gasteiger partial charge in [0, 0.05) is 17.9 Å². The molecule has 3 rings (SSSR count). The summed E-state index contributed by atoms with van der Waals surface area (Å²) >= 11 is 0. The third kappa shape index (κ3) is 6.26. The largest absolute Gasteiger partial charge is 0.491 e. The van der Waals surface area contributed by atoms with E-state index in [4.69, 9.17) is 4.74 Å². The number of aryl methyl sites for hydroxylation is 1. The van der Waals surface area contributed by atoms with Crippen LogP contribution in [0.25, 0.3) is 10.8 Å². The first-order valence-electron chi connectivity index (χ1n) is 9.90. The smallest absolute Gasteiger partial charge is 0.241 e. The number of nitrogens with one attached hydrogen (secondary N) is 1. The Morgan fingerprint density at radius 1 is 1.10 bits per heavy atom. The van der Waals surface area contributed by atoms with E-state index >= 15 is 0 Å². The molecule has 0 amide bonds. The average Bonchev–Trinajstić information content (AvgIpc) is 2.69. The maximum absolute atomic E-state index is 12.5. The van der Waals surface area contributed by atoms with Crippen molar-refractivity contribution in [1.82, 2.24) is 9.71 Å². The zero-order chi connectivity index (χ0) is 21.8. The summed E-state index contributed by atoms with van der Waals surface area (Å²) in [4.78, 5) is 4.30. The first-order chi connectivity index (χ1) is 14.1. The van der Waals surface area contributed by atoms with Crippen LogP contribution in [0.3, 0.4) is 0 Å². The summed E-state index contributed by atoms with van der Waals surface area (Å²) < 4.78 is 33.5. The average molecular weight is 429 g/mol. The summed E-state index contributed by atoms with van der Waals surface area (Å²) in [6, 6.07) is 14.3. The molecular formula is C23H28N2O4S. The van der Waals surface area contributed by atoms with Crippen LogP contribution in [0, 0.1) is 0 Å². The van der Waals surface area contributed by atoms with Gasteiger partial charge in [0.1, 0.15) is 12.4 Å². The lowest BCUT2D eigenvalue weighted by Gasteiger charge is -2.20. The lowest BCUT2D eigenvalue weighted by atomic mass is 10.1. The van der Waals surface area contributed by atoms with Crippen molar-refractivity contribution in [2.75, 3.05) is 6.61 Å². The molecule has 0 spiro atoms. The molecule has 0 aliphatic carbocycles. The van der Waals surface area contributed by atoms with Gasteiger partial charge in [-0.3, -0.25) is 4.98 Å². The minimum absolute atomic E-state index is 0.188. The number of ether oxygens (including phenoxy) is 1. The number of hydrogen-bond acceptors (Lipinski definition) is 5. The van der Waals surface area contributed by atoms with Crippen LogP contribution in [0.1, 0.15) is 32.8 Å². The standard InChI is InChI=1S/C23H28N2O4S/c1-23(2,3)25-30(27,28)22-11-8-18-13-21(10-7-19(18)14-22)29-16-20(26)9-6-17-5-4-12-24-15-17/h4-5,7-8,10-15,20,25-26H,6,9,16H2,1-3H3/t20-/m1/s1. The first kappa shape index (κ1) is 22.2. The number of aromatic nitrogens is 1. The van der Waals surface area contributed by atoms with Gasteiger partial charge in [-0.15, -0.1) is 0 Å². The number of sulfonamides is 1. The van der Waals surface area contributed by atoms with Gasteiger partial charge in [0.2, 0.25) is 10.0 Å². The highest BCUT2D eigenvalue weighted by Gasteiger charge is 2.22. The highest BCUT2D eigenvalue weighted by atomic mass is 32.2. The number of pyridine rings is 1. The van der Waals surface area contributed by atoms with Crippen LogP contribution in [0.5, 0.6) is 5.75 Å². The highest BCUT2D eigenvalue weighted by Crippen LogP contribution is 2.24. The topological polar surface area (TPSA) is 88.5 Å². The molecule has 1 aromatic heterocycles. The van der Waals surface area contributed by atoms with E-state index in [-0.39, 0.29) is 11.5 Å². The SMILES string of the molecule is CC(C)(C)NS(=O)(=O)c1ccc2cc(OC[C@H](O)CCc3cccnc3)ccc2c1. The Balaban J connectivity index is 1.63. The van der Waals surface area contributed by atoms with Crippen molar-refractivity contribution < 1.29 is 18.3 Å². The van der Waals surface area contributed by atoms with Crippen LogP contribution in [0.2, 0.25) is 0 Å². The number of rotatable bonds is 8. The van der Waals surface area contributed by atoms with E-state index < -0.39 is 21.7 Å². The number of nitrogens with zero attached hydrogens (tertiary/aromatic N) is 1. The Hall–Kier alpha value is -2.48. The molecule has 1 atom stereocenters. The Bertz CT molecular complexity index is 1090. The third-order valence-electron chi connectivity index (χ3n) is 4.47. The van der Waals surface area contributed by atoms with Crippen LogP contribution >= 0.6 is 0 Å². The monoisotopic (exact) mass is 428 g/mol. The predicted molar refractivity (Wildman–Crippen MR) is 118 cm³/mol. The normalized spacial score (nSPS) is 13.3. The van der Waals surface area contributed by atoms with Crippen molar-refractivity contribution >= 4 is 20.8 Å². The number of hydrogen-bond donors (Lipinski definition) is 2. The van der Waals surface area contributed by atoms with Crippen molar-refractivity contribution in [3.8, 4) is 5.75 Å². The Labute approximate surface area is 178 Å². The molecule has 2 N–H and O–H groups in total. The van der Waals surface area contributed by atoms with Gasteiger partial charge in [-0.25, -0.2) is 13.1 Å². The lowest BCUT2D eigenvalue weighted by Crippen LogP contribution is -2.40. The number of aliphatic hydroxyl groups is 1. The van der Waals surface area contributed by atoms with Crippen molar-refractivity contribution in [1.29, 1.82) is 0 Å². The quantitative estimate of drug-likeness (QED) is 0.571. The van der Waals surface area contributed by atoms with Gasteiger partial charge in [-0.1, -0.05) is 18.2 Å². The molecule has 0 aliphatic rings. The molecule has 0 saturated heterocycles. The molecule has 0 aliphatic heterocycles. The van der Waals surface area contributed by atoms with E-state index in [0.29, 0.717) is 12.2 Å². The predicted octanol–water partition coefficient (Wildman–Crippen LogP) is 3.68. The van der Waals surface area contributed by atoms with Gasteiger partial charge in [0.05, 0.1) is 11.0 Å². The van der Waals surface area contributed by atoms with Gasteiger partial charge in [0.15, 0.2) is 0 Å². The van der Waals surface area contributed by atoms with E-state index in [9.17, 15) is 13.5 Å². The molecule has 0 bridgehead atoms. The van der Waals surface area contributed by atoms with Crippen molar-refractivity contribution in [2.45, 2.75) is 50.2 Å². The van der Waals surface area contributed by atoms with E-state index in [1.54, 1.807) is 57.4 Å². The van der Waals surface area contributed by atoms with Crippen molar-refractivity contribution in [2.24, 2.45) is 0 Å². The van der Waals surface area contributed by atoms with Gasteiger partial charge in [-0.2, -0.15) is 0 Å². The second-order valence-corrected chi connectivity index (χ2v) is 10.1. The van der Waals surface area contributed by atoms with Gasteiger partial charge in [-0.05, 0) is 80.3 Å². The number of aliphatic hydroxyl groups excluding tert-OH is 1. The fourth-order valence-electron chi connectivity index (χ4n) is 3.08.